The molecule has 1 atom stereocenters. The van der Waals surface area contributed by atoms with Crippen LogP contribution >= 0.6 is 0 Å². The van der Waals surface area contributed by atoms with Crippen LogP contribution in [-0.2, 0) is 4.79 Å². The second-order valence-electron chi connectivity index (χ2n) is 7.71. The Kier molecular flexibility index (Phi) is 4.35. The second-order valence-corrected chi connectivity index (χ2v) is 7.71. The molecule has 1 N–H and O–H groups in total. The molecule has 3 aromatic rings. The average Bonchev–Trinajstić information content (AvgIpc) is 3.33. The number of aromatic nitrogens is 4. The number of hydrogen-bond acceptors (Lipinski definition) is 6. The van der Waals surface area contributed by atoms with Gasteiger partial charge in [0.15, 0.2) is 0 Å². The molecule has 1 spiro atoms. The Labute approximate surface area is 164 Å². The van der Waals surface area contributed by atoms with E-state index in [4.69, 9.17) is 0 Å². The zero-order valence-electron chi connectivity index (χ0n) is 15.7. The van der Waals surface area contributed by atoms with Gasteiger partial charge in [0, 0.05) is 60.2 Å². The van der Waals surface area contributed by atoms with E-state index in [2.05, 4.69) is 35.7 Å². The highest BCUT2D eigenvalue weighted by Crippen LogP contribution is 2.41. The van der Waals surface area contributed by atoms with Gasteiger partial charge < -0.3 is 19.5 Å². The second kappa shape index (κ2) is 7.02. The number of nitrogens with zero attached hydrogens (tertiary/aromatic N) is 5. The molecule has 0 bridgehead atoms. The summed E-state index contributed by atoms with van der Waals surface area (Å²) in [7, 11) is 1.74. The predicted octanol–water partition coefficient (Wildman–Crippen LogP) is 2.26. The lowest BCUT2D eigenvalue weighted by molar-refractivity contribution is 0.207. The Morgan fingerprint density at radius 3 is 2.82 bits per heavy atom. The predicted molar refractivity (Wildman–Crippen MR) is 110 cm³/mol. The molecule has 5 rings (SSSR count). The summed E-state index contributed by atoms with van der Waals surface area (Å²) >= 11 is 0. The first-order chi connectivity index (χ1) is 13.8. The Morgan fingerprint density at radius 1 is 1.18 bits per heavy atom. The zero-order chi connectivity index (χ0) is 19.0. The number of aromatic amines is 1. The summed E-state index contributed by atoms with van der Waals surface area (Å²) < 4.78 is 0. The summed E-state index contributed by atoms with van der Waals surface area (Å²) in [6.45, 7) is 2.90. The number of H-pyrrole nitrogens is 1. The standard InChI is InChI=1S/C20H22BN6O/c28-13-21-27-8-2-5-20(27)4-1-7-26(12-20)17-3-6-24-19-18(17)16(11-25-19)15-9-22-14-23-10-15/h3,6,9-11,13-14H,1-2,4-5,7-8,12H2,(H,24,25). The summed E-state index contributed by atoms with van der Waals surface area (Å²) in [5.74, 6) is 0. The molecule has 0 aliphatic carbocycles. The lowest BCUT2D eigenvalue weighted by atomic mass is 9.80. The normalized spacial score (nSPS) is 22.8. The van der Waals surface area contributed by atoms with Crippen molar-refractivity contribution in [1.29, 1.82) is 0 Å². The van der Waals surface area contributed by atoms with Crippen molar-refractivity contribution in [2.75, 3.05) is 24.5 Å². The molecular formula is C20H22BN6O. The SMILES string of the molecule is O=C[B]N1CCCC12CCCN(c1ccnc3[nH]cc(-c4cncnc4)c13)C2. The Morgan fingerprint density at radius 2 is 2.00 bits per heavy atom. The minimum atomic E-state index is 0.0566. The number of fused-ring (bicyclic) bond motifs is 1. The van der Waals surface area contributed by atoms with Crippen molar-refractivity contribution in [3.8, 4) is 11.1 Å². The number of pyridine rings is 1. The van der Waals surface area contributed by atoms with Crippen LogP contribution in [0.25, 0.3) is 22.2 Å². The number of carbonyl (C=O) groups excluding carboxylic acids is 1. The molecule has 8 heteroatoms. The first-order valence-electron chi connectivity index (χ1n) is 9.83. The number of carbonyl (C=O) groups is 1. The molecule has 28 heavy (non-hydrogen) atoms. The highest BCUT2D eigenvalue weighted by Gasteiger charge is 2.43. The number of anilines is 1. The lowest BCUT2D eigenvalue weighted by Gasteiger charge is -2.46. The van der Waals surface area contributed by atoms with Gasteiger partial charge in [0.25, 0.3) is 7.41 Å². The summed E-state index contributed by atoms with van der Waals surface area (Å²) in [6, 6.07) is 2.10. The van der Waals surface area contributed by atoms with Gasteiger partial charge in [0.1, 0.15) is 12.0 Å². The van der Waals surface area contributed by atoms with Crippen LogP contribution in [0.4, 0.5) is 5.69 Å². The smallest absolute Gasteiger partial charge is 0.293 e. The summed E-state index contributed by atoms with van der Waals surface area (Å²) in [5, 5.41) is 1.11. The van der Waals surface area contributed by atoms with Gasteiger partial charge in [0.2, 0.25) is 0 Å². The van der Waals surface area contributed by atoms with E-state index >= 15 is 0 Å². The zero-order valence-corrected chi connectivity index (χ0v) is 15.7. The monoisotopic (exact) mass is 373 g/mol. The quantitative estimate of drug-likeness (QED) is 0.558. The summed E-state index contributed by atoms with van der Waals surface area (Å²) in [5.41, 5.74) is 4.16. The van der Waals surface area contributed by atoms with Gasteiger partial charge in [-0.2, -0.15) is 0 Å². The molecule has 0 amide bonds. The molecule has 2 aliphatic rings. The van der Waals surface area contributed by atoms with Gasteiger partial charge in [-0.05, 0) is 38.3 Å². The van der Waals surface area contributed by atoms with E-state index in [0.717, 1.165) is 73.7 Å². The average molecular weight is 373 g/mol. The number of nitrogens with one attached hydrogen (secondary N) is 1. The molecular weight excluding hydrogens is 351 g/mol. The number of piperidine rings is 1. The third-order valence-corrected chi connectivity index (χ3v) is 6.21. The third-order valence-electron chi connectivity index (χ3n) is 6.21. The maximum atomic E-state index is 11.1. The van der Waals surface area contributed by atoms with Gasteiger partial charge in [-0.1, -0.05) is 0 Å². The van der Waals surface area contributed by atoms with E-state index in [-0.39, 0.29) is 5.54 Å². The van der Waals surface area contributed by atoms with Crippen LogP contribution in [0.15, 0.2) is 37.2 Å². The highest BCUT2D eigenvalue weighted by atomic mass is 16.1. The number of hydrogen-bond donors (Lipinski definition) is 1. The molecule has 5 heterocycles. The van der Waals surface area contributed by atoms with Crippen LogP contribution in [0.3, 0.4) is 0 Å². The van der Waals surface area contributed by atoms with Crippen LogP contribution in [-0.4, -0.2) is 63.5 Å². The van der Waals surface area contributed by atoms with E-state index in [0.29, 0.717) is 0 Å². The van der Waals surface area contributed by atoms with Crippen molar-refractivity contribution >= 4 is 30.3 Å². The molecule has 1 unspecified atom stereocenters. The minimum Gasteiger partial charge on any atom is -0.369 e. The third kappa shape index (κ3) is 2.79. The van der Waals surface area contributed by atoms with E-state index in [9.17, 15) is 4.79 Å². The first-order valence-corrected chi connectivity index (χ1v) is 9.83. The van der Waals surface area contributed by atoms with Gasteiger partial charge >= 0.3 is 0 Å². The van der Waals surface area contributed by atoms with Crippen LogP contribution in [0, 0.1) is 0 Å². The maximum absolute atomic E-state index is 11.1. The van der Waals surface area contributed by atoms with Crippen molar-refractivity contribution in [1.82, 2.24) is 24.7 Å². The van der Waals surface area contributed by atoms with E-state index < -0.39 is 0 Å². The Hall–Kier alpha value is -2.74. The van der Waals surface area contributed by atoms with Gasteiger partial charge in [0.05, 0.1) is 11.6 Å². The topological polar surface area (TPSA) is 78.0 Å². The van der Waals surface area contributed by atoms with Crippen LogP contribution in [0.2, 0.25) is 0 Å². The van der Waals surface area contributed by atoms with E-state index in [1.54, 1.807) is 13.7 Å². The van der Waals surface area contributed by atoms with Gasteiger partial charge in [-0.3, -0.25) is 0 Å². The molecule has 0 saturated carbocycles. The van der Waals surface area contributed by atoms with Crippen LogP contribution in [0.5, 0.6) is 0 Å². The molecule has 141 valence electrons. The lowest BCUT2D eigenvalue weighted by Crippen LogP contribution is -2.57. The molecule has 2 fully saturated rings. The molecule has 2 saturated heterocycles. The first kappa shape index (κ1) is 17.4. The van der Waals surface area contributed by atoms with Crippen molar-refractivity contribution < 1.29 is 4.79 Å². The fourth-order valence-corrected chi connectivity index (χ4v) is 4.99. The minimum absolute atomic E-state index is 0.0566. The fourth-order valence-electron chi connectivity index (χ4n) is 4.99. The maximum Gasteiger partial charge on any atom is 0.293 e. The molecule has 1 radical (unpaired) electrons. The fraction of sp³-hybridized carbons (Fsp3) is 0.400. The van der Waals surface area contributed by atoms with E-state index in [1.807, 2.05) is 24.8 Å². The largest absolute Gasteiger partial charge is 0.369 e. The molecule has 3 aromatic heterocycles. The van der Waals surface area contributed by atoms with Crippen molar-refractivity contribution in [2.45, 2.75) is 31.2 Å². The van der Waals surface area contributed by atoms with Gasteiger partial charge in [-0.25, -0.2) is 15.0 Å². The summed E-state index contributed by atoms with van der Waals surface area (Å²) in [6.07, 6.45) is 14.5. The van der Waals surface area contributed by atoms with Crippen LogP contribution in [0.1, 0.15) is 25.7 Å². The van der Waals surface area contributed by atoms with Gasteiger partial charge in [-0.15, -0.1) is 0 Å². The molecule has 0 aromatic carbocycles. The Balaban J connectivity index is 1.56. The van der Waals surface area contributed by atoms with Crippen molar-refractivity contribution in [3.63, 3.8) is 0 Å². The molecule has 7 nitrogen and oxygen atoms in total. The van der Waals surface area contributed by atoms with E-state index in [1.165, 1.54) is 5.69 Å². The Bertz CT molecular complexity index is 993. The number of rotatable bonds is 4. The van der Waals surface area contributed by atoms with Crippen molar-refractivity contribution in [2.24, 2.45) is 0 Å². The van der Waals surface area contributed by atoms with Crippen molar-refractivity contribution in [3.05, 3.63) is 37.2 Å². The highest BCUT2D eigenvalue weighted by molar-refractivity contribution is 6.64. The van der Waals surface area contributed by atoms with Crippen LogP contribution < -0.4 is 4.90 Å². The molecule has 2 aliphatic heterocycles. The summed E-state index contributed by atoms with van der Waals surface area (Å²) in [4.78, 5) is 32.1.